The summed E-state index contributed by atoms with van der Waals surface area (Å²) in [6.07, 6.45) is 0.950. The minimum Gasteiger partial charge on any atom is -0.378 e. The predicted octanol–water partition coefficient (Wildman–Crippen LogP) is 3.84. The number of hydrogen-bond donors (Lipinski definition) is 1. The van der Waals surface area contributed by atoms with E-state index in [-0.39, 0.29) is 0 Å². The van der Waals surface area contributed by atoms with Gasteiger partial charge in [-0.1, -0.05) is 18.5 Å². The van der Waals surface area contributed by atoms with Crippen LogP contribution in [0.2, 0.25) is 5.02 Å². The van der Waals surface area contributed by atoms with Gasteiger partial charge in [0.25, 0.3) is 0 Å². The van der Waals surface area contributed by atoms with E-state index in [2.05, 4.69) is 23.3 Å². The van der Waals surface area contributed by atoms with Crippen molar-refractivity contribution in [2.24, 2.45) is 0 Å². The van der Waals surface area contributed by atoms with Crippen molar-refractivity contribution < 1.29 is 0 Å². The zero-order valence-electron chi connectivity index (χ0n) is 9.90. The van der Waals surface area contributed by atoms with Gasteiger partial charge in [-0.3, -0.25) is 0 Å². The summed E-state index contributed by atoms with van der Waals surface area (Å²) in [5.74, 6) is 0. The Labute approximate surface area is 115 Å². The molecule has 1 N–H and O–H groups in total. The van der Waals surface area contributed by atoms with Gasteiger partial charge in [0.2, 0.25) is 0 Å². The molecule has 0 spiro atoms. The smallest absolute Gasteiger partial charge is 0.101 e. The molecule has 1 aromatic carbocycles. The van der Waals surface area contributed by atoms with E-state index in [1.807, 2.05) is 5.38 Å². The first-order chi connectivity index (χ1) is 8.72. The first-order valence-electron chi connectivity index (χ1n) is 5.59. The van der Waals surface area contributed by atoms with Crippen LogP contribution >= 0.6 is 22.9 Å². The van der Waals surface area contributed by atoms with Crippen molar-refractivity contribution in [3.63, 3.8) is 0 Å². The SMILES string of the molecule is CCc1nc(CNc2cc(Cl)ccc2C#N)cs1. The van der Waals surface area contributed by atoms with E-state index in [0.717, 1.165) is 22.8 Å². The molecule has 0 radical (unpaired) electrons. The lowest BCUT2D eigenvalue weighted by atomic mass is 10.2. The van der Waals surface area contributed by atoms with Crippen molar-refractivity contribution in [3.05, 3.63) is 44.9 Å². The number of nitrogens with one attached hydrogen (secondary N) is 1. The van der Waals surface area contributed by atoms with Crippen LogP contribution in [0, 0.1) is 11.3 Å². The lowest BCUT2D eigenvalue weighted by Gasteiger charge is -2.06. The largest absolute Gasteiger partial charge is 0.378 e. The molecule has 0 aliphatic heterocycles. The van der Waals surface area contributed by atoms with Crippen molar-refractivity contribution in [1.82, 2.24) is 4.98 Å². The second-order valence-electron chi connectivity index (χ2n) is 3.74. The summed E-state index contributed by atoms with van der Waals surface area (Å²) < 4.78 is 0. The second kappa shape index (κ2) is 5.85. The van der Waals surface area contributed by atoms with Crippen molar-refractivity contribution in [2.45, 2.75) is 19.9 Å². The van der Waals surface area contributed by atoms with Crippen molar-refractivity contribution >= 4 is 28.6 Å². The van der Waals surface area contributed by atoms with E-state index >= 15 is 0 Å². The van der Waals surface area contributed by atoms with Crippen LogP contribution in [-0.4, -0.2) is 4.98 Å². The van der Waals surface area contributed by atoms with Crippen LogP contribution in [0.1, 0.15) is 23.2 Å². The Morgan fingerprint density at radius 3 is 3.00 bits per heavy atom. The van der Waals surface area contributed by atoms with Crippen molar-refractivity contribution in [2.75, 3.05) is 5.32 Å². The van der Waals surface area contributed by atoms with Crippen LogP contribution < -0.4 is 5.32 Å². The van der Waals surface area contributed by atoms with Gasteiger partial charge < -0.3 is 5.32 Å². The fourth-order valence-corrected chi connectivity index (χ4v) is 2.46. The maximum atomic E-state index is 9.00. The summed E-state index contributed by atoms with van der Waals surface area (Å²) in [6.45, 7) is 2.69. The number of hydrogen-bond acceptors (Lipinski definition) is 4. The molecule has 2 rings (SSSR count). The molecule has 2 aromatic rings. The molecule has 3 nitrogen and oxygen atoms in total. The zero-order valence-corrected chi connectivity index (χ0v) is 11.5. The summed E-state index contributed by atoms with van der Waals surface area (Å²) in [5.41, 5.74) is 2.32. The molecule has 0 saturated carbocycles. The summed E-state index contributed by atoms with van der Waals surface area (Å²) in [4.78, 5) is 4.46. The predicted molar refractivity (Wildman–Crippen MR) is 75.0 cm³/mol. The highest BCUT2D eigenvalue weighted by atomic mass is 35.5. The van der Waals surface area contributed by atoms with Gasteiger partial charge in [-0.2, -0.15) is 5.26 Å². The number of nitrogens with zero attached hydrogens (tertiary/aromatic N) is 2. The van der Waals surface area contributed by atoms with Crippen LogP contribution in [0.4, 0.5) is 5.69 Å². The molecule has 1 heterocycles. The molecule has 5 heteroatoms. The van der Waals surface area contributed by atoms with Gasteiger partial charge >= 0.3 is 0 Å². The van der Waals surface area contributed by atoms with E-state index in [0.29, 0.717) is 17.1 Å². The Morgan fingerprint density at radius 2 is 2.33 bits per heavy atom. The lowest BCUT2D eigenvalue weighted by molar-refractivity contribution is 1.01. The number of thiazole rings is 1. The number of benzene rings is 1. The number of rotatable bonds is 4. The summed E-state index contributed by atoms with van der Waals surface area (Å²) in [5, 5.41) is 16.0. The molecule has 0 saturated heterocycles. The number of aryl methyl sites for hydroxylation is 1. The maximum absolute atomic E-state index is 9.00. The minimum atomic E-state index is 0.588. The Balaban J connectivity index is 2.10. The van der Waals surface area contributed by atoms with Crippen LogP contribution in [0.3, 0.4) is 0 Å². The topological polar surface area (TPSA) is 48.7 Å². The number of nitriles is 1. The molecule has 0 amide bonds. The fraction of sp³-hybridized carbons (Fsp3) is 0.231. The highest BCUT2D eigenvalue weighted by molar-refractivity contribution is 7.09. The highest BCUT2D eigenvalue weighted by Crippen LogP contribution is 2.21. The van der Waals surface area contributed by atoms with Gasteiger partial charge in [0, 0.05) is 10.4 Å². The third-order valence-corrected chi connectivity index (χ3v) is 3.74. The van der Waals surface area contributed by atoms with Gasteiger partial charge in [0.1, 0.15) is 6.07 Å². The van der Waals surface area contributed by atoms with Gasteiger partial charge in [-0.25, -0.2) is 4.98 Å². The van der Waals surface area contributed by atoms with E-state index < -0.39 is 0 Å². The standard InChI is InChI=1S/C13H12ClN3S/c1-2-13-17-11(8-18-13)7-16-12-5-10(14)4-3-9(12)6-15/h3-5,8,16H,2,7H2,1H3. The van der Waals surface area contributed by atoms with E-state index in [4.69, 9.17) is 16.9 Å². The lowest BCUT2D eigenvalue weighted by Crippen LogP contribution is -2.01. The molecule has 0 atom stereocenters. The Bertz CT molecular complexity index is 586. The summed E-state index contributed by atoms with van der Waals surface area (Å²) >= 11 is 7.57. The van der Waals surface area contributed by atoms with Gasteiger partial charge in [0.15, 0.2) is 0 Å². The van der Waals surface area contributed by atoms with E-state index in [1.54, 1.807) is 29.5 Å². The quantitative estimate of drug-likeness (QED) is 0.924. The second-order valence-corrected chi connectivity index (χ2v) is 5.12. The maximum Gasteiger partial charge on any atom is 0.101 e. The minimum absolute atomic E-state index is 0.588. The molecular weight excluding hydrogens is 266 g/mol. The van der Waals surface area contributed by atoms with Crippen LogP contribution in [0.5, 0.6) is 0 Å². The average molecular weight is 278 g/mol. The fourth-order valence-electron chi connectivity index (χ4n) is 1.54. The molecule has 18 heavy (non-hydrogen) atoms. The Hall–Kier alpha value is -1.57. The van der Waals surface area contributed by atoms with Crippen LogP contribution in [0.25, 0.3) is 0 Å². The molecule has 0 aliphatic rings. The molecule has 0 unspecified atom stereocenters. The van der Waals surface area contributed by atoms with Crippen molar-refractivity contribution in [3.8, 4) is 6.07 Å². The van der Waals surface area contributed by atoms with Crippen LogP contribution in [-0.2, 0) is 13.0 Å². The van der Waals surface area contributed by atoms with Gasteiger partial charge in [-0.05, 0) is 24.6 Å². The zero-order chi connectivity index (χ0) is 13.0. The number of anilines is 1. The average Bonchev–Trinajstić information content (AvgIpc) is 2.84. The molecule has 92 valence electrons. The molecular formula is C13H12ClN3S. The molecule has 0 bridgehead atoms. The van der Waals surface area contributed by atoms with Crippen LogP contribution in [0.15, 0.2) is 23.6 Å². The monoisotopic (exact) mass is 277 g/mol. The summed E-state index contributed by atoms with van der Waals surface area (Å²) in [6, 6.07) is 7.32. The first kappa shape index (κ1) is 12.9. The number of halogens is 1. The van der Waals surface area contributed by atoms with E-state index in [1.165, 1.54) is 0 Å². The molecule has 0 fully saturated rings. The Morgan fingerprint density at radius 1 is 1.50 bits per heavy atom. The van der Waals surface area contributed by atoms with Crippen molar-refractivity contribution in [1.29, 1.82) is 5.26 Å². The summed E-state index contributed by atoms with van der Waals surface area (Å²) in [7, 11) is 0. The normalized spacial score (nSPS) is 10.1. The third-order valence-electron chi connectivity index (χ3n) is 2.46. The highest BCUT2D eigenvalue weighted by Gasteiger charge is 2.04. The number of aromatic nitrogens is 1. The Kier molecular flexibility index (Phi) is 4.19. The van der Waals surface area contributed by atoms with Gasteiger partial charge in [0.05, 0.1) is 28.5 Å². The van der Waals surface area contributed by atoms with Gasteiger partial charge in [-0.15, -0.1) is 11.3 Å². The third kappa shape index (κ3) is 3.00. The molecule has 1 aromatic heterocycles. The first-order valence-corrected chi connectivity index (χ1v) is 6.85. The molecule has 0 aliphatic carbocycles. The van der Waals surface area contributed by atoms with E-state index in [9.17, 15) is 0 Å².